The number of hydrogen-bond donors (Lipinski definition) is 1. The molecule has 25 heavy (non-hydrogen) atoms. The van der Waals surface area contributed by atoms with Crippen LogP contribution in [0.4, 0.5) is 0 Å². The summed E-state index contributed by atoms with van der Waals surface area (Å²) in [6.45, 7) is 3.72. The minimum absolute atomic E-state index is 0.196. The van der Waals surface area contributed by atoms with Crippen LogP contribution in [0.3, 0.4) is 0 Å². The molecule has 7 heteroatoms. The number of benzene rings is 1. The van der Waals surface area contributed by atoms with E-state index in [9.17, 15) is 13.2 Å². The largest absolute Gasteiger partial charge is 0.350 e. The van der Waals surface area contributed by atoms with Gasteiger partial charge < -0.3 is 10.2 Å². The van der Waals surface area contributed by atoms with Crippen molar-refractivity contribution in [3.05, 3.63) is 29.8 Å². The lowest BCUT2D eigenvalue weighted by Gasteiger charge is -2.26. The smallest absolute Gasteiger partial charge is 0.251 e. The molecule has 6 nitrogen and oxygen atoms in total. The van der Waals surface area contributed by atoms with Crippen molar-refractivity contribution in [1.82, 2.24) is 14.5 Å². The van der Waals surface area contributed by atoms with E-state index in [1.54, 1.807) is 18.2 Å². The van der Waals surface area contributed by atoms with Gasteiger partial charge in [-0.05, 0) is 51.6 Å². The Morgan fingerprint density at radius 3 is 2.52 bits per heavy atom. The van der Waals surface area contributed by atoms with Crippen LogP contribution in [0.5, 0.6) is 0 Å². The molecule has 1 aromatic rings. The number of likely N-dealkylation sites (N-methyl/N-ethyl adjacent to an activating group) is 1. The second-order valence-corrected chi connectivity index (χ2v) is 8.67. The molecule has 1 atom stereocenters. The summed E-state index contributed by atoms with van der Waals surface area (Å²) in [5.41, 5.74) is 0.381. The lowest BCUT2D eigenvalue weighted by atomic mass is 10.2. The summed E-state index contributed by atoms with van der Waals surface area (Å²) < 4.78 is 27.0. The van der Waals surface area contributed by atoms with Gasteiger partial charge in [-0.25, -0.2) is 8.42 Å². The highest BCUT2D eigenvalue weighted by Crippen LogP contribution is 2.21. The van der Waals surface area contributed by atoms with Crippen LogP contribution in [0.1, 0.15) is 43.0 Å². The number of carbonyl (C=O) groups excluding carboxylic acids is 1. The van der Waals surface area contributed by atoms with Gasteiger partial charge in [0.15, 0.2) is 0 Å². The summed E-state index contributed by atoms with van der Waals surface area (Å²) in [4.78, 5) is 14.7. The van der Waals surface area contributed by atoms with Gasteiger partial charge in [0, 0.05) is 31.2 Å². The van der Waals surface area contributed by atoms with Crippen molar-refractivity contribution in [3.63, 3.8) is 0 Å². The van der Waals surface area contributed by atoms with E-state index < -0.39 is 10.0 Å². The topological polar surface area (TPSA) is 69.7 Å². The van der Waals surface area contributed by atoms with E-state index in [-0.39, 0.29) is 16.8 Å². The van der Waals surface area contributed by atoms with Crippen LogP contribution >= 0.6 is 0 Å². The molecule has 2 rings (SSSR count). The number of amides is 1. The predicted molar refractivity (Wildman–Crippen MR) is 99.2 cm³/mol. The average Bonchev–Trinajstić information content (AvgIpc) is 2.62. The third kappa shape index (κ3) is 5.03. The maximum Gasteiger partial charge on any atom is 0.251 e. The highest BCUT2D eigenvalue weighted by Gasteiger charge is 2.26. The molecular formula is C18H29N3O3S. The lowest BCUT2D eigenvalue weighted by Crippen LogP contribution is -2.40. The van der Waals surface area contributed by atoms with E-state index in [2.05, 4.69) is 17.1 Å². The van der Waals surface area contributed by atoms with Gasteiger partial charge in [0.2, 0.25) is 10.0 Å². The minimum Gasteiger partial charge on any atom is -0.350 e. The molecular weight excluding hydrogens is 338 g/mol. The molecule has 0 bridgehead atoms. The first kappa shape index (κ1) is 19.9. The van der Waals surface area contributed by atoms with Crippen molar-refractivity contribution >= 4 is 15.9 Å². The Kier molecular flexibility index (Phi) is 6.98. The zero-order chi connectivity index (χ0) is 18.4. The molecule has 1 saturated heterocycles. The van der Waals surface area contributed by atoms with Crippen LogP contribution < -0.4 is 5.32 Å². The fourth-order valence-electron chi connectivity index (χ4n) is 3.06. The Morgan fingerprint density at radius 1 is 1.24 bits per heavy atom. The maximum atomic E-state index is 12.8. The molecule has 1 unspecified atom stereocenters. The van der Waals surface area contributed by atoms with Crippen molar-refractivity contribution in [2.45, 2.75) is 43.5 Å². The summed E-state index contributed by atoms with van der Waals surface area (Å²) in [5, 5.41) is 2.90. The van der Waals surface area contributed by atoms with Crippen molar-refractivity contribution in [2.75, 3.05) is 33.7 Å². The van der Waals surface area contributed by atoms with E-state index in [1.807, 2.05) is 14.1 Å². The Labute approximate surface area is 151 Å². The van der Waals surface area contributed by atoms with Gasteiger partial charge in [-0.1, -0.05) is 19.4 Å². The molecule has 140 valence electrons. The third-order valence-corrected chi connectivity index (χ3v) is 6.64. The number of rotatable bonds is 7. The van der Waals surface area contributed by atoms with E-state index >= 15 is 0 Å². The third-order valence-electron chi connectivity index (χ3n) is 4.75. The molecule has 1 aliphatic rings. The monoisotopic (exact) mass is 367 g/mol. The van der Waals surface area contributed by atoms with Gasteiger partial charge in [-0.3, -0.25) is 4.79 Å². The van der Waals surface area contributed by atoms with Crippen molar-refractivity contribution in [3.8, 4) is 0 Å². The Morgan fingerprint density at radius 2 is 1.92 bits per heavy atom. The summed E-state index contributed by atoms with van der Waals surface area (Å²) in [6.07, 6.45) is 3.78. The zero-order valence-electron chi connectivity index (χ0n) is 15.4. The van der Waals surface area contributed by atoms with Gasteiger partial charge >= 0.3 is 0 Å². The molecule has 1 fully saturated rings. The van der Waals surface area contributed by atoms with Crippen molar-refractivity contribution in [2.24, 2.45) is 0 Å². The molecule has 0 aromatic heterocycles. The molecule has 0 saturated carbocycles. The van der Waals surface area contributed by atoms with Crippen LogP contribution in [0, 0.1) is 0 Å². The van der Waals surface area contributed by atoms with Gasteiger partial charge in [0.05, 0.1) is 4.90 Å². The predicted octanol–water partition coefficient (Wildman–Crippen LogP) is 1.93. The first-order valence-corrected chi connectivity index (χ1v) is 10.3. The normalized spacial score (nSPS) is 17.4. The summed E-state index contributed by atoms with van der Waals surface area (Å²) in [6, 6.07) is 6.59. The standard InChI is InChI=1S/C18H29N3O3S/c1-4-16(20(2)3)14-19-18(22)15-9-8-10-17(13-15)25(23,24)21-11-6-5-7-12-21/h8-10,13,16H,4-7,11-12,14H2,1-3H3,(H,19,22). The van der Waals surface area contributed by atoms with Crippen LogP contribution in [0.2, 0.25) is 0 Å². The Balaban J connectivity index is 2.11. The number of nitrogens with zero attached hydrogens (tertiary/aromatic N) is 2. The number of carbonyl (C=O) groups is 1. The summed E-state index contributed by atoms with van der Waals surface area (Å²) in [7, 11) is 0.434. The molecule has 1 heterocycles. The van der Waals surface area contributed by atoms with Crippen LogP contribution in [0.25, 0.3) is 0 Å². The maximum absolute atomic E-state index is 12.8. The van der Waals surface area contributed by atoms with Crippen LogP contribution in [-0.4, -0.2) is 63.3 Å². The highest BCUT2D eigenvalue weighted by molar-refractivity contribution is 7.89. The number of sulfonamides is 1. The molecule has 1 amide bonds. The molecule has 1 aliphatic heterocycles. The second-order valence-electron chi connectivity index (χ2n) is 6.73. The summed E-state index contributed by atoms with van der Waals surface area (Å²) >= 11 is 0. The first-order chi connectivity index (χ1) is 11.9. The fourth-order valence-corrected chi connectivity index (χ4v) is 4.62. The quantitative estimate of drug-likeness (QED) is 0.799. The van der Waals surface area contributed by atoms with Crippen LogP contribution in [-0.2, 0) is 10.0 Å². The minimum atomic E-state index is -3.52. The van der Waals surface area contributed by atoms with Crippen LogP contribution in [0.15, 0.2) is 29.2 Å². The SMILES string of the molecule is CCC(CNC(=O)c1cccc(S(=O)(=O)N2CCCCC2)c1)N(C)C. The number of piperidine rings is 1. The van der Waals surface area contributed by atoms with Crippen molar-refractivity contribution < 1.29 is 13.2 Å². The fraction of sp³-hybridized carbons (Fsp3) is 0.611. The second kappa shape index (κ2) is 8.78. The number of hydrogen-bond acceptors (Lipinski definition) is 4. The average molecular weight is 368 g/mol. The van der Waals surface area contributed by atoms with E-state index in [0.717, 1.165) is 25.7 Å². The highest BCUT2D eigenvalue weighted by atomic mass is 32.2. The Hall–Kier alpha value is -1.44. The molecule has 0 aliphatic carbocycles. The van der Waals surface area contributed by atoms with E-state index in [0.29, 0.717) is 25.2 Å². The van der Waals surface area contributed by atoms with Gasteiger partial charge in [0.25, 0.3) is 5.91 Å². The first-order valence-electron chi connectivity index (χ1n) is 8.91. The zero-order valence-corrected chi connectivity index (χ0v) is 16.2. The summed E-state index contributed by atoms with van der Waals surface area (Å²) in [5.74, 6) is -0.240. The molecule has 0 spiro atoms. The Bertz CT molecular complexity index is 683. The van der Waals surface area contributed by atoms with Gasteiger partial charge in [-0.2, -0.15) is 4.31 Å². The van der Waals surface area contributed by atoms with E-state index in [4.69, 9.17) is 0 Å². The van der Waals surface area contributed by atoms with Gasteiger partial charge in [-0.15, -0.1) is 0 Å². The van der Waals surface area contributed by atoms with Crippen molar-refractivity contribution in [1.29, 1.82) is 0 Å². The molecule has 0 radical (unpaired) electrons. The molecule has 1 aromatic carbocycles. The van der Waals surface area contributed by atoms with Gasteiger partial charge in [0.1, 0.15) is 0 Å². The lowest BCUT2D eigenvalue weighted by molar-refractivity contribution is 0.0941. The van der Waals surface area contributed by atoms with E-state index in [1.165, 1.54) is 10.4 Å². The number of nitrogens with one attached hydrogen (secondary N) is 1. The molecule has 1 N–H and O–H groups in total.